The molecule has 0 spiro atoms. The molecule has 0 N–H and O–H groups in total. The van der Waals surface area contributed by atoms with Gasteiger partial charge in [-0.1, -0.05) is 32.4 Å². The zero-order chi connectivity index (χ0) is 35.6. The number of fused-ring (bicyclic) bond motifs is 4. The second-order valence-corrected chi connectivity index (χ2v) is 23.7. The van der Waals surface area contributed by atoms with Gasteiger partial charge in [-0.3, -0.25) is 4.98 Å². The summed E-state index contributed by atoms with van der Waals surface area (Å²) in [5.41, 5.74) is 5.27. The van der Waals surface area contributed by atoms with Gasteiger partial charge in [-0.2, -0.15) is 0 Å². The van der Waals surface area contributed by atoms with E-state index in [0.717, 1.165) is 71.6 Å². The van der Waals surface area contributed by atoms with Crippen molar-refractivity contribution >= 4 is 53.3 Å². The Balaban J connectivity index is 1.22. The lowest BCUT2D eigenvalue weighted by Crippen LogP contribution is -2.44. The van der Waals surface area contributed by atoms with Gasteiger partial charge in [0.25, 0.3) is 0 Å². The molecule has 11 heteroatoms. The van der Waals surface area contributed by atoms with E-state index in [1.165, 1.54) is 16.1 Å². The molecular weight excluding hydrogens is 686 g/mol. The number of benzene rings is 1. The maximum Gasteiger partial charge on any atom is 0.410 e. The summed E-state index contributed by atoms with van der Waals surface area (Å²) in [6, 6.07) is 8.66. The predicted molar refractivity (Wildman–Crippen MR) is 205 cm³/mol. The first-order valence-electron chi connectivity index (χ1n) is 18.4. The number of carbonyl (C=O) groups excluding carboxylic acids is 1. The van der Waals surface area contributed by atoms with Crippen molar-refractivity contribution in [2.75, 3.05) is 31.2 Å². The molecule has 5 heterocycles. The molecule has 8 nitrogen and oxygen atoms in total. The summed E-state index contributed by atoms with van der Waals surface area (Å²) < 4.78 is 25.9. The second-order valence-electron chi connectivity index (χ2n) is 17.3. The molecule has 1 saturated carbocycles. The van der Waals surface area contributed by atoms with Crippen LogP contribution in [0.3, 0.4) is 0 Å². The fraction of sp³-hybridized carbons (Fsp3) is 0.641. The van der Waals surface area contributed by atoms with Gasteiger partial charge in [-0.05, 0) is 113 Å². The van der Waals surface area contributed by atoms with Crippen LogP contribution in [-0.4, -0.2) is 74.6 Å². The van der Waals surface area contributed by atoms with Gasteiger partial charge in [0, 0.05) is 58.6 Å². The number of likely N-dealkylation sites (tertiary alicyclic amines) is 1. The third kappa shape index (κ3) is 7.48. The molecule has 0 bridgehead atoms. The quantitative estimate of drug-likeness (QED) is 0.213. The lowest BCUT2D eigenvalue weighted by Gasteiger charge is -2.38. The number of carbonyl (C=O) groups is 1. The Hall–Kier alpha value is -2.21. The standard InChI is InChI=1S/C39H54ClN3O5SSi/c1-38(2,3)48-37(44)43-21-26(18-27(43)22-46-34-11-9-10-14-45-34)42-20-24-15-30(24)32-17-25(40)16-31(35(32)42)29-12-13-41-33-19-28(49-36(29)33)23-47-50(7,8)39(4,5)6/h12-13,16-17,19,24,26-27,30,34H,9-11,14-15,18,20-23H2,1-8H3/t24?,26-,27-,30?,34?/m1/s1. The summed E-state index contributed by atoms with van der Waals surface area (Å²) in [6.45, 7) is 20.5. The molecule has 272 valence electrons. The van der Waals surface area contributed by atoms with Crippen LogP contribution in [0, 0.1) is 5.92 Å². The third-order valence-corrected chi connectivity index (χ3v) is 17.2. The van der Waals surface area contributed by atoms with Crippen LogP contribution in [0.2, 0.25) is 23.2 Å². The monoisotopic (exact) mass is 739 g/mol. The maximum absolute atomic E-state index is 13.7. The number of hydrogen-bond donors (Lipinski definition) is 0. The zero-order valence-electron chi connectivity index (χ0n) is 31.0. The highest BCUT2D eigenvalue weighted by Gasteiger charge is 2.50. The van der Waals surface area contributed by atoms with Crippen LogP contribution in [0.1, 0.15) is 90.0 Å². The van der Waals surface area contributed by atoms with Gasteiger partial charge < -0.3 is 28.4 Å². The minimum absolute atomic E-state index is 0.107. The Morgan fingerprint density at radius 2 is 1.88 bits per heavy atom. The van der Waals surface area contributed by atoms with E-state index in [4.69, 9.17) is 35.2 Å². The van der Waals surface area contributed by atoms with Gasteiger partial charge in [0.2, 0.25) is 0 Å². The lowest BCUT2D eigenvalue weighted by atomic mass is 9.92. The van der Waals surface area contributed by atoms with Crippen molar-refractivity contribution in [3.8, 4) is 11.1 Å². The number of nitrogens with zero attached hydrogens (tertiary/aromatic N) is 3. The molecule has 1 amide bonds. The van der Waals surface area contributed by atoms with Gasteiger partial charge in [0.05, 0.1) is 29.5 Å². The summed E-state index contributed by atoms with van der Waals surface area (Å²) in [6.07, 6.45) is 6.45. The molecule has 1 aliphatic carbocycles. The molecule has 5 atom stereocenters. The number of ether oxygens (including phenoxy) is 3. The average molecular weight is 740 g/mol. The number of pyridine rings is 1. The molecule has 0 radical (unpaired) electrons. The van der Waals surface area contributed by atoms with Gasteiger partial charge in [-0.25, -0.2) is 4.79 Å². The zero-order valence-corrected chi connectivity index (χ0v) is 33.6. The first kappa shape index (κ1) is 36.2. The van der Waals surface area contributed by atoms with Gasteiger partial charge in [-0.15, -0.1) is 11.3 Å². The second kappa shape index (κ2) is 13.6. The van der Waals surface area contributed by atoms with E-state index >= 15 is 0 Å². The largest absolute Gasteiger partial charge is 0.444 e. The van der Waals surface area contributed by atoms with E-state index in [9.17, 15) is 4.79 Å². The minimum Gasteiger partial charge on any atom is -0.444 e. The first-order valence-corrected chi connectivity index (χ1v) is 22.5. The Kier molecular flexibility index (Phi) is 9.87. The Morgan fingerprint density at radius 1 is 1.08 bits per heavy atom. The number of anilines is 1. The van der Waals surface area contributed by atoms with Crippen LogP contribution < -0.4 is 4.90 Å². The minimum atomic E-state index is -1.91. The van der Waals surface area contributed by atoms with Crippen LogP contribution in [0.25, 0.3) is 21.3 Å². The van der Waals surface area contributed by atoms with Crippen molar-refractivity contribution in [3.63, 3.8) is 0 Å². The highest BCUT2D eigenvalue weighted by molar-refractivity contribution is 7.19. The van der Waals surface area contributed by atoms with E-state index in [-0.39, 0.29) is 29.5 Å². The van der Waals surface area contributed by atoms with E-state index in [0.29, 0.717) is 31.6 Å². The Morgan fingerprint density at radius 3 is 2.60 bits per heavy atom. The van der Waals surface area contributed by atoms with Gasteiger partial charge in [0.15, 0.2) is 14.6 Å². The van der Waals surface area contributed by atoms with Crippen molar-refractivity contribution < 1.29 is 23.4 Å². The van der Waals surface area contributed by atoms with Crippen molar-refractivity contribution in [3.05, 3.63) is 45.9 Å². The highest BCUT2D eigenvalue weighted by atomic mass is 35.5. The highest BCUT2D eigenvalue weighted by Crippen LogP contribution is 2.59. The molecule has 2 aromatic heterocycles. The lowest BCUT2D eigenvalue weighted by molar-refractivity contribution is -0.168. The molecule has 3 aliphatic heterocycles. The van der Waals surface area contributed by atoms with Crippen LogP contribution in [0.15, 0.2) is 30.5 Å². The Labute approximate surface area is 307 Å². The number of amides is 1. The van der Waals surface area contributed by atoms with Gasteiger partial charge in [0.1, 0.15) is 5.60 Å². The molecule has 2 saturated heterocycles. The van der Waals surface area contributed by atoms with E-state index in [1.807, 2.05) is 31.9 Å². The first-order chi connectivity index (χ1) is 23.6. The van der Waals surface area contributed by atoms with E-state index in [1.54, 1.807) is 11.3 Å². The normalized spacial score (nSPS) is 25.5. The van der Waals surface area contributed by atoms with Crippen molar-refractivity contribution in [2.45, 2.75) is 128 Å². The third-order valence-electron chi connectivity index (χ3n) is 11.4. The summed E-state index contributed by atoms with van der Waals surface area (Å²) in [4.78, 5) is 24.2. The maximum atomic E-state index is 13.7. The summed E-state index contributed by atoms with van der Waals surface area (Å²) >= 11 is 8.72. The summed E-state index contributed by atoms with van der Waals surface area (Å²) in [5.74, 6) is 1.10. The topological polar surface area (TPSA) is 73.4 Å². The van der Waals surface area contributed by atoms with Crippen LogP contribution in [0.5, 0.6) is 0 Å². The molecule has 3 aromatic rings. The molecule has 50 heavy (non-hydrogen) atoms. The number of hydrogen-bond acceptors (Lipinski definition) is 8. The number of rotatable bonds is 8. The van der Waals surface area contributed by atoms with Crippen LogP contribution in [-0.2, 0) is 25.2 Å². The number of thiophene rings is 1. The molecule has 4 aliphatic rings. The van der Waals surface area contributed by atoms with Gasteiger partial charge >= 0.3 is 6.09 Å². The molecule has 3 unspecified atom stereocenters. The summed E-state index contributed by atoms with van der Waals surface area (Å²) in [7, 11) is -1.91. The van der Waals surface area contributed by atoms with Crippen LogP contribution in [0.4, 0.5) is 10.5 Å². The Bertz CT molecular complexity index is 1730. The van der Waals surface area contributed by atoms with E-state index < -0.39 is 13.9 Å². The van der Waals surface area contributed by atoms with Crippen molar-refractivity contribution in [1.82, 2.24) is 9.88 Å². The van der Waals surface area contributed by atoms with E-state index in [2.05, 4.69) is 63.0 Å². The molecule has 1 aromatic carbocycles. The van der Waals surface area contributed by atoms with Crippen molar-refractivity contribution in [2.24, 2.45) is 5.92 Å². The average Bonchev–Trinajstić information content (AvgIpc) is 3.51. The van der Waals surface area contributed by atoms with Crippen molar-refractivity contribution in [1.29, 1.82) is 0 Å². The molecular formula is C39H54ClN3O5SSi. The molecule has 3 fully saturated rings. The van der Waals surface area contributed by atoms with Crippen LogP contribution >= 0.6 is 22.9 Å². The number of halogens is 1. The number of aromatic nitrogens is 1. The SMILES string of the molecule is CC(C)(C)OC(=O)N1C[C@H](N2CC3CC3c3cc(Cl)cc(-c4ccnc5cc(CO[Si](C)(C)C(C)(C)C)sc45)c32)C[C@@H]1COC1CCCCO1. The smallest absolute Gasteiger partial charge is 0.410 e. The molecule has 7 rings (SSSR count). The fourth-order valence-corrected chi connectivity index (χ4v) is 9.89. The predicted octanol–water partition coefficient (Wildman–Crippen LogP) is 9.98. The fourth-order valence-electron chi connectivity index (χ4n) is 7.55. The summed E-state index contributed by atoms with van der Waals surface area (Å²) in [5, 5.41) is 0.903.